The van der Waals surface area contributed by atoms with Crippen LogP contribution in [-0.4, -0.2) is 15.2 Å². The van der Waals surface area contributed by atoms with Crippen molar-refractivity contribution >= 4 is 15.9 Å². The molecule has 18 heavy (non-hydrogen) atoms. The van der Waals surface area contributed by atoms with Gasteiger partial charge in [0.25, 0.3) is 0 Å². The summed E-state index contributed by atoms with van der Waals surface area (Å²) in [6.45, 7) is 2.01. The second-order valence-corrected chi connectivity index (χ2v) is 5.07. The fourth-order valence-electron chi connectivity index (χ4n) is 1.65. The van der Waals surface area contributed by atoms with Crippen LogP contribution in [0.2, 0.25) is 0 Å². The molecule has 0 spiro atoms. The van der Waals surface area contributed by atoms with E-state index in [-0.39, 0.29) is 0 Å². The summed E-state index contributed by atoms with van der Waals surface area (Å²) in [7, 11) is 0. The molecule has 5 heteroatoms. The van der Waals surface area contributed by atoms with Gasteiger partial charge in [0.2, 0.25) is 5.89 Å². The Kier molecular flexibility index (Phi) is 4.49. The summed E-state index contributed by atoms with van der Waals surface area (Å²) >= 11 is 3.39. The summed E-state index contributed by atoms with van der Waals surface area (Å²) in [4.78, 5) is 4.21. The molecular weight excluding hydrogens is 296 g/mol. The summed E-state index contributed by atoms with van der Waals surface area (Å²) in [5.74, 6) is 0.909. The van der Waals surface area contributed by atoms with Crippen molar-refractivity contribution in [2.75, 3.05) is 0 Å². The van der Waals surface area contributed by atoms with Crippen LogP contribution in [0.15, 0.2) is 33.3 Å². The maximum Gasteiger partial charge on any atom is 0.231 e. The fraction of sp³-hybridized carbons (Fsp3) is 0.385. The topological polar surface area (TPSA) is 59.2 Å². The molecule has 0 saturated heterocycles. The number of aliphatic hydroxyl groups is 1. The van der Waals surface area contributed by atoms with Crippen LogP contribution in [0.5, 0.6) is 0 Å². The molecule has 1 N–H and O–H groups in total. The number of aromatic nitrogens is 2. The van der Waals surface area contributed by atoms with Crippen LogP contribution in [0.3, 0.4) is 0 Å². The molecule has 2 aromatic rings. The van der Waals surface area contributed by atoms with Crippen molar-refractivity contribution in [1.82, 2.24) is 10.1 Å². The minimum Gasteiger partial charge on any atom is -0.385 e. The van der Waals surface area contributed by atoms with Crippen LogP contribution < -0.4 is 0 Å². The van der Waals surface area contributed by atoms with Crippen molar-refractivity contribution in [3.8, 4) is 0 Å². The summed E-state index contributed by atoms with van der Waals surface area (Å²) in [5, 5.41) is 13.5. The Balaban J connectivity index is 2.04. The maximum atomic E-state index is 9.75. The fourth-order valence-corrected chi connectivity index (χ4v) is 1.92. The monoisotopic (exact) mass is 310 g/mol. The Hall–Kier alpha value is -1.20. The van der Waals surface area contributed by atoms with E-state index in [1.54, 1.807) is 0 Å². The predicted octanol–water partition coefficient (Wildman–Crippen LogP) is 3.26. The quantitative estimate of drug-likeness (QED) is 0.921. The highest BCUT2D eigenvalue weighted by Gasteiger charge is 2.14. The molecule has 2 rings (SSSR count). The van der Waals surface area contributed by atoms with E-state index in [2.05, 4.69) is 26.1 Å². The van der Waals surface area contributed by atoms with Crippen LogP contribution in [0, 0.1) is 0 Å². The summed E-state index contributed by atoms with van der Waals surface area (Å²) in [5.41, 5.74) is 1.10. The second-order valence-electron chi connectivity index (χ2n) is 4.15. The Morgan fingerprint density at radius 3 is 2.72 bits per heavy atom. The minimum atomic E-state index is -0.627. The number of nitrogens with zero attached hydrogens (tertiary/aromatic N) is 2. The lowest BCUT2D eigenvalue weighted by Gasteiger charge is -2.01. The summed E-state index contributed by atoms with van der Waals surface area (Å²) in [6, 6.07) is 7.93. The third kappa shape index (κ3) is 3.40. The van der Waals surface area contributed by atoms with E-state index in [0.29, 0.717) is 24.6 Å². The number of halogens is 1. The molecule has 1 unspecified atom stereocenters. The van der Waals surface area contributed by atoms with E-state index >= 15 is 0 Å². The minimum absolute atomic E-state index is 0.379. The number of hydrogen-bond donors (Lipinski definition) is 1. The average molecular weight is 311 g/mol. The molecule has 0 fully saturated rings. The smallest absolute Gasteiger partial charge is 0.231 e. The molecule has 4 nitrogen and oxygen atoms in total. The van der Waals surface area contributed by atoms with Crippen LogP contribution in [0.1, 0.15) is 43.1 Å². The van der Waals surface area contributed by atoms with Crippen molar-refractivity contribution in [3.63, 3.8) is 0 Å². The van der Waals surface area contributed by atoms with Crippen molar-refractivity contribution < 1.29 is 9.63 Å². The number of benzene rings is 1. The van der Waals surface area contributed by atoms with Crippen LogP contribution in [0.25, 0.3) is 0 Å². The Bertz CT molecular complexity index is 496. The molecule has 1 heterocycles. The molecule has 0 aliphatic rings. The molecule has 0 amide bonds. The second kappa shape index (κ2) is 6.11. The van der Waals surface area contributed by atoms with E-state index in [1.165, 1.54) is 0 Å². The van der Waals surface area contributed by atoms with E-state index in [0.717, 1.165) is 16.5 Å². The normalized spacial score (nSPS) is 12.6. The van der Waals surface area contributed by atoms with Gasteiger partial charge < -0.3 is 9.63 Å². The molecule has 0 bridgehead atoms. The van der Waals surface area contributed by atoms with Gasteiger partial charge in [0, 0.05) is 4.47 Å². The summed E-state index contributed by atoms with van der Waals surface area (Å²) < 4.78 is 6.17. The molecule has 1 aromatic carbocycles. The van der Waals surface area contributed by atoms with Crippen LogP contribution >= 0.6 is 15.9 Å². The largest absolute Gasteiger partial charge is 0.385 e. The first kappa shape index (κ1) is 13.2. The first-order valence-corrected chi connectivity index (χ1v) is 6.73. The lowest BCUT2D eigenvalue weighted by molar-refractivity contribution is 0.153. The van der Waals surface area contributed by atoms with Crippen molar-refractivity contribution in [2.24, 2.45) is 0 Å². The summed E-state index contributed by atoms with van der Waals surface area (Å²) in [6.07, 6.45) is 1.49. The standard InChI is InChI=1S/C13H15BrN2O2/c1-2-3-11(17)13-15-12(18-16-13)8-9-4-6-10(14)7-5-9/h4-7,11,17H,2-3,8H2,1H3. The van der Waals surface area contributed by atoms with Crippen LogP contribution in [0.4, 0.5) is 0 Å². The van der Waals surface area contributed by atoms with Crippen molar-refractivity contribution in [2.45, 2.75) is 32.3 Å². The van der Waals surface area contributed by atoms with Gasteiger partial charge in [-0.3, -0.25) is 0 Å². The van der Waals surface area contributed by atoms with E-state index in [4.69, 9.17) is 4.52 Å². The third-order valence-electron chi connectivity index (χ3n) is 2.61. The van der Waals surface area contributed by atoms with Gasteiger partial charge in [0.1, 0.15) is 6.10 Å². The zero-order valence-corrected chi connectivity index (χ0v) is 11.7. The lowest BCUT2D eigenvalue weighted by Crippen LogP contribution is -1.99. The first-order chi connectivity index (χ1) is 8.69. The van der Waals surface area contributed by atoms with Gasteiger partial charge in [-0.25, -0.2) is 0 Å². The van der Waals surface area contributed by atoms with Gasteiger partial charge in [0.05, 0.1) is 6.42 Å². The van der Waals surface area contributed by atoms with Gasteiger partial charge in [-0.2, -0.15) is 4.98 Å². The highest BCUT2D eigenvalue weighted by molar-refractivity contribution is 9.10. The third-order valence-corrected chi connectivity index (χ3v) is 3.14. The lowest BCUT2D eigenvalue weighted by atomic mass is 10.1. The maximum absolute atomic E-state index is 9.75. The highest BCUT2D eigenvalue weighted by Crippen LogP contribution is 2.17. The molecular formula is C13H15BrN2O2. The Labute approximate surface area is 114 Å². The van der Waals surface area contributed by atoms with Gasteiger partial charge >= 0.3 is 0 Å². The average Bonchev–Trinajstić information content (AvgIpc) is 2.81. The molecule has 0 aliphatic heterocycles. The zero-order valence-electron chi connectivity index (χ0n) is 10.1. The van der Waals surface area contributed by atoms with Crippen molar-refractivity contribution in [1.29, 1.82) is 0 Å². The van der Waals surface area contributed by atoms with E-state index < -0.39 is 6.10 Å². The molecule has 1 atom stereocenters. The van der Waals surface area contributed by atoms with E-state index in [9.17, 15) is 5.11 Å². The van der Waals surface area contributed by atoms with Gasteiger partial charge in [-0.1, -0.05) is 46.6 Å². The SMILES string of the molecule is CCCC(O)c1noc(Cc2ccc(Br)cc2)n1. The molecule has 0 aliphatic carbocycles. The number of aliphatic hydroxyl groups excluding tert-OH is 1. The number of rotatable bonds is 5. The number of hydrogen-bond acceptors (Lipinski definition) is 4. The highest BCUT2D eigenvalue weighted by atomic mass is 79.9. The molecule has 0 radical (unpaired) electrons. The molecule has 0 saturated carbocycles. The van der Waals surface area contributed by atoms with E-state index in [1.807, 2.05) is 31.2 Å². The first-order valence-electron chi connectivity index (χ1n) is 5.94. The zero-order chi connectivity index (χ0) is 13.0. The Morgan fingerprint density at radius 1 is 1.33 bits per heavy atom. The van der Waals surface area contributed by atoms with Gasteiger partial charge in [0.15, 0.2) is 5.82 Å². The van der Waals surface area contributed by atoms with Gasteiger partial charge in [-0.15, -0.1) is 0 Å². The molecule has 1 aromatic heterocycles. The Morgan fingerprint density at radius 2 is 2.06 bits per heavy atom. The van der Waals surface area contributed by atoms with Gasteiger partial charge in [-0.05, 0) is 24.1 Å². The molecule has 96 valence electrons. The predicted molar refractivity (Wildman–Crippen MR) is 71.1 cm³/mol. The van der Waals surface area contributed by atoms with Crippen molar-refractivity contribution in [3.05, 3.63) is 46.0 Å². The van der Waals surface area contributed by atoms with Crippen LogP contribution in [-0.2, 0) is 6.42 Å².